The average molecular weight is 333 g/mol. The standard InChI is InChI=1S/C14H15F4N3O2/c1-3-5-21-11-7-9(20-13(22)23-4-2)8(15)6-10(11)19-12(21)14(16,17)18/h6-7H,3-5H2,1-2H3,(H,20,22). The van der Waals surface area contributed by atoms with Crippen LogP contribution in [0.15, 0.2) is 12.1 Å². The zero-order valence-corrected chi connectivity index (χ0v) is 12.5. The number of hydrogen-bond donors (Lipinski definition) is 1. The molecule has 0 aliphatic carbocycles. The minimum atomic E-state index is -4.65. The lowest BCUT2D eigenvalue weighted by Gasteiger charge is -2.11. The molecule has 0 radical (unpaired) electrons. The van der Waals surface area contributed by atoms with Gasteiger partial charge in [-0.2, -0.15) is 13.2 Å². The lowest BCUT2D eigenvalue weighted by atomic mass is 10.2. The molecule has 1 amide bonds. The van der Waals surface area contributed by atoms with Gasteiger partial charge in [-0.15, -0.1) is 0 Å². The van der Waals surface area contributed by atoms with Gasteiger partial charge in [-0.05, 0) is 19.4 Å². The second kappa shape index (κ2) is 6.43. The van der Waals surface area contributed by atoms with Gasteiger partial charge in [0.25, 0.3) is 0 Å². The second-order valence-electron chi connectivity index (χ2n) is 4.75. The summed E-state index contributed by atoms with van der Waals surface area (Å²) in [7, 11) is 0. The number of fused-ring (bicyclic) bond motifs is 1. The fraction of sp³-hybridized carbons (Fsp3) is 0.429. The number of anilines is 1. The topological polar surface area (TPSA) is 56.2 Å². The van der Waals surface area contributed by atoms with Gasteiger partial charge < -0.3 is 9.30 Å². The average Bonchev–Trinajstić information content (AvgIpc) is 2.78. The van der Waals surface area contributed by atoms with Crippen LogP contribution >= 0.6 is 0 Å². The predicted molar refractivity (Wildman–Crippen MR) is 75.6 cm³/mol. The molecule has 23 heavy (non-hydrogen) atoms. The lowest BCUT2D eigenvalue weighted by molar-refractivity contribution is -0.146. The summed E-state index contributed by atoms with van der Waals surface area (Å²) in [4.78, 5) is 14.8. The molecule has 5 nitrogen and oxygen atoms in total. The quantitative estimate of drug-likeness (QED) is 0.854. The van der Waals surface area contributed by atoms with Gasteiger partial charge in [-0.1, -0.05) is 6.92 Å². The summed E-state index contributed by atoms with van der Waals surface area (Å²) in [6, 6.07) is 1.98. The van der Waals surface area contributed by atoms with E-state index in [1.807, 2.05) is 0 Å². The molecule has 126 valence electrons. The highest BCUT2D eigenvalue weighted by atomic mass is 19.4. The van der Waals surface area contributed by atoms with Crippen LogP contribution in [0, 0.1) is 5.82 Å². The van der Waals surface area contributed by atoms with Crippen LogP contribution in [0.1, 0.15) is 26.1 Å². The van der Waals surface area contributed by atoms with Crippen LogP contribution in [0.4, 0.5) is 28.0 Å². The number of carbonyl (C=O) groups is 1. The van der Waals surface area contributed by atoms with E-state index >= 15 is 0 Å². The molecule has 0 aliphatic rings. The number of aromatic nitrogens is 2. The maximum absolute atomic E-state index is 13.9. The van der Waals surface area contributed by atoms with Crippen LogP contribution in [0.25, 0.3) is 11.0 Å². The van der Waals surface area contributed by atoms with Crippen molar-refractivity contribution in [1.29, 1.82) is 0 Å². The molecule has 1 aromatic heterocycles. The zero-order chi connectivity index (χ0) is 17.2. The Balaban J connectivity index is 2.55. The molecule has 1 N–H and O–H groups in total. The third-order valence-electron chi connectivity index (χ3n) is 3.05. The van der Waals surface area contributed by atoms with E-state index in [1.54, 1.807) is 13.8 Å². The number of rotatable bonds is 4. The Morgan fingerprint density at radius 2 is 2.04 bits per heavy atom. The normalized spacial score (nSPS) is 11.7. The second-order valence-corrected chi connectivity index (χ2v) is 4.75. The van der Waals surface area contributed by atoms with E-state index < -0.39 is 23.9 Å². The summed E-state index contributed by atoms with van der Waals surface area (Å²) in [5, 5.41) is 2.16. The predicted octanol–water partition coefficient (Wildman–Crippen LogP) is 4.17. The maximum Gasteiger partial charge on any atom is 0.449 e. The summed E-state index contributed by atoms with van der Waals surface area (Å²) < 4.78 is 58.7. The molecule has 0 atom stereocenters. The van der Waals surface area contributed by atoms with Gasteiger partial charge in [0.05, 0.1) is 23.3 Å². The van der Waals surface area contributed by atoms with Gasteiger partial charge in [0, 0.05) is 12.6 Å². The Morgan fingerprint density at radius 3 is 2.61 bits per heavy atom. The maximum atomic E-state index is 13.9. The Kier molecular flexibility index (Phi) is 4.76. The zero-order valence-electron chi connectivity index (χ0n) is 12.5. The monoisotopic (exact) mass is 333 g/mol. The van der Waals surface area contributed by atoms with Gasteiger partial charge in [0.15, 0.2) is 0 Å². The summed E-state index contributed by atoms with van der Waals surface area (Å²) >= 11 is 0. The number of nitrogens with one attached hydrogen (secondary N) is 1. The number of benzene rings is 1. The van der Waals surface area contributed by atoms with Crippen LogP contribution in [-0.4, -0.2) is 22.3 Å². The third kappa shape index (κ3) is 3.54. The van der Waals surface area contributed by atoms with E-state index in [-0.39, 0.29) is 29.9 Å². The SMILES string of the molecule is CCCn1c(C(F)(F)F)nc2cc(F)c(NC(=O)OCC)cc21. The number of carbonyl (C=O) groups excluding carboxylic acids is 1. The Labute approximate surface area is 129 Å². The van der Waals surface area contributed by atoms with E-state index in [0.717, 1.165) is 16.7 Å². The van der Waals surface area contributed by atoms with E-state index in [0.29, 0.717) is 6.42 Å². The molecule has 0 saturated carbocycles. The molecule has 0 fully saturated rings. The fourth-order valence-electron chi connectivity index (χ4n) is 2.18. The first-order valence-corrected chi connectivity index (χ1v) is 6.98. The minimum Gasteiger partial charge on any atom is -0.450 e. The van der Waals surface area contributed by atoms with E-state index in [2.05, 4.69) is 15.0 Å². The molecule has 0 unspecified atom stereocenters. The van der Waals surface area contributed by atoms with Crippen molar-refractivity contribution in [2.75, 3.05) is 11.9 Å². The van der Waals surface area contributed by atoms with Crippen LogP contribution in [0.2, 0.25) is 0 Å². The van der Waals surface area contributed by atoms with Crippen molar-refractivity contribution in [1.82, 2.24) is 9.55 Å². The van der Waals surface area contributed by atoms with Crippen molar-refractivity contribution < 1.29 is 27.1 Å². The van der Waals surface area contributed by atoms with Crippen LogP contribution in [0.5, 0.6) is 0 Å². The van der Waals surface area contributed by atoms with Gasteiger partial charge in [-0.25, -0.2) is 14.2 Å². The molecular weight excluding hydrogens is 318 g/mol. The number of amides is 1. The molecule has 0 aliphatic heterocycles. The molecule has 1 aromatic carbocycles. The van der Waals surface area contributed by atoms with Crippen molar-refractivity contribution in [3.63, 3.8) is 0 Å². The largest absolute Gasteiger partial charge is 0.450 e. The van der Waals surface area contributed by atoms with E-state index in [9.17, 15) is 22.4 Å². The summed E-state index contributed by atoms with van der Waals surface area (Å²) in [5.74, 6) is -1.98. The number of ether oxygens (including phenoxy) is 1. The molecule has 1 heterocycles. The van der Waals surface area contributed by atoms with Crippen LogP contribution < -0.4 is 5.32 Å². The van der Waals surface area contributed by atoms with Gasteiger partial charge in [0.2, 0.25) is 5.82 Å². The Hall–Kier alpha value is -2.32. The third-order valence-corrected chi connectivity index (χ3v) is 3.05. The van der Waals surface area contributed by atoms with Crippen LogP contribution in [-0.2, 0) is 17.5 Å². The Morgan fingerprint density at radius 1 is 1.35 bits per heavy atom. The number of alkyl halides is 3. The van der Waals surface area contributed by atoms with Gasteiger partial charge >= 0.3 is 12.3 Å². The molecule has 0 bridgehead atoms. The highest BCUT2D eigenvalue weighted by molar-refractivity contribution is 5.89. The first-order valence-electron chi connectivity index (χ1n) is 6.98. The van der Waals surface area contributed by atoms with Crippen molar-refractivity contribution in [3.8, 4) is 0 Å². The van der Waals surface area contributed by atoms with Gasteiger partial charge in [0.1, 0.15) is 5.82 Å². The Bertz CT molecular complexity index is 725. The van der Waals surface area contributed by atoms with Crippen LogP contribution in [0.3, 0.4) is 0 Å². The number of halogens is 4. The van der Waals surface area contributed by atoms with E-state index in [1.165, 1.54) is 0 Å². The molecule has 9 heteroatoms. The summed E-state index contributed by atoms with van der Waals surface area (Å²) in [6.07, 6.45) is -5.10. The summed E-state index contributed by atoms with van der Waals surface area (Å²) in [6.45, 7) is 3.44. The smallest absolute Gasteiger partial charge is 0.449 e. The number of imidazole rings is 1. The van der Waals surface area contributed by atoms with Crippen molar-refractivity contribution in [2.45, 2.75) is 33.0 Å². The molecular formula is C14H15F4N3O2. The van der Waals surface area contributed by atoms with Crippen molar-refractivity contribution >= 4 is 22.8 Å². The highest BCUT2D eigenvalue weighted by Crippen LogP contribution is 2.33. The first kappa shape index (κ1) is 17.0. The fourth-order valence-corrected chi connectivity index (χ4v) is 2.18. The highest BCUT2D eigenvalue weighted by Gasteiger charge is 2.37. The minimum absolute atomic E-state index is 0.0653. The summed E-state index contributed by atoms with van der Waals surface area (Å²) in [5.41, 5.74) is -0.299. The lowest BCUT2D eigenvalue weighted by Crippen LogP contribution is -2.15. The first-order chi connectivity index (χ1) is 10.8. The molecule has 2 rings (SSSR count). The molecule has 2 aromatic rings. The number of nitrogens with zero attached hydrogens (tertiary/aromatic N) is 2. The van der Waals surface area contributed by atoms with Crippen molar-refractivity contribution in [3.05, 3.63) is 23.8 Å². The molecule has 0 spiro atoms. The number of aryl methyl sites for hydroxylation is 1. The van der Waals surface area contributed by atoms with Crippen molar-refractivity contribution in [2.24, 2.45) is 0 Å². The van der Waals surface area contributed by atoms with E-state index in [4.69, 9.17) is 0 Å². The van der Waals surface area contributed by atoms with Gasteiger partial charge in [-0.3, -0.25) is 5.32 Å². The number of hydrogen-bond acceptors (Lipinski definition) is 3. The molecule has 0 saturated heterocycles.